The minimum Gasteiger partial charge on any atom is -0.344 e. The normalized spacial score (nSPS) is 22.6. The Morgan fingerprint density at radius 1 is 1.17 bits per heavy atom. The molecule has 2 N–H and O–H groups in total. The summed E-state index contributed by atoms with van der Waals surface area (Å²) >= 11 is 0. The molecule has 1 unspecified atom stereocenters. The highest BCUT2D eigenvalue weighted by Crippen LogP contribution is 2.44. The molecule has 1 atom stereocenters. The van der Waals surface area contributed by atoms with Crippen molar-refractivity contribution in [3.63, 3.8) is 0 Å². The van der Waals surface area contributed by atoms with Gasteiger partial charge in [0, 0.05) is 48.4 Å². The quantitative estimate of drug-likeness (QED) is 0.789. The highest BCUT2D eigenvalue weighted by Gasteiger charge is 2.45. The molecule has 2 saturated heterocycles. The lowest BCUT2D eigenvalue weighted by Crippen LogP contribution is -2.50. The molecular weight excluding hydrogens is 370 g/mol. The number of aromatic nitrogens is 3. The number of nitrogens with one attached hydrogen (secondary N) is 2. The topological polar surface area (TPSA) is 108 Å². The van der Waals surface area contributed by atoms with Crippen LogP contribution in [0, 0.1) is 0 Å². The first-order valence-electron chi connectivity index (χ1n) is 10.2. The Kier molecular flexibility index (Phi) is 4.22. The smallest absolute Gasteiger partial charge is 0.254 e. The highest BCUT2D eigenvalue weighted by molar-refractivity contribution is 5.90. The van der Waals surface area contributed by atoms with Gasteiger partial charge in [0.25, 0.3) is 5.56 Å². The number of pyridine rings is 1. The van der Waals surface area contributed by atoms with Crippen LogP contribution in [-0.4, -0.2) is 50.8 Å². The molecule has 0 radical (unpaired) electrons. The van der Waals surface area contributed by atoms with Crippen LogP contribution in [-0.2, 0) is 21.4 Å². The van der Waals surface area contributed by atoms with E-state index in [4.69, 9.17) is 4.98 Å². The number of fused-ring (bicyclic) bond motifs is 2. The van der Waals surface area contributed by atoms with Gasteiger partial charge in [0.2, 0.25) is 11.8 Å². The monoisotopic (exact) mass is 393 g/mol. The number of rotatable bonds is 2. The van der Waals surface area contributed by atoms with E-state index in [0.29, 0.717) is 31.8 Å². The number of carbonyl (C=O) groups is 2. The summed E-state index contributed by atoms with van der Waals surface area (Å²) in [6.45, 7) is 1.25. The maximum Gasteiger partial charge on any atom is 0.254 e. The molecule has 29 heavy (non-hydrogen) atoms. The van der Waals surface area contributed by atoms with E-state index in [-0.39, 0.29) is 28.8 Å². The van der Waals surface area contributed by atoms with Crippen molar-refractivity contribution >= 4 is 11.8 Å². The van der Waals surface area contributed by atoms with Gasteiger partial charge >= 0.3 is 0 Å². The first-order valence-corrected chi connectivity index (χ1v) is 10.2. The van der Waals surface area contributed by atoms with Crippen molar-refractivity contribution in [2.24, 2.45) is 0 Å². The van der Waals surface area contributed by atoms with E-state index in [1.807, 2.05) is 17.0 Å². The van der Waals surface area contributed by atoms with Crippen LogP contribution in [0.2, 0.25) is 0 Å². The number of nitrogens with zero attached hydrogens (tertiary/aromatic N) is 3. The van der Waals surface area contributed by atoms with Gasteiger partial charge in [-0.3, -0.25) is 19.4 Å². The SMILES string of the molecule is O=C1CCC(C(=O)N2CCC3(CCc4c3nc(-c3cccnc3)[nH]c4=O)CC2)N1. The average molecular weight is 393 g/mol. The third-order valence-corrected chi connectivity index (χ3v) is 6.63. The molecule has 8 heteroatoms. The average Bonchev–Trinajstić information content (AvgIpc) is 3.33. The fourth-order valence-electron chi connectivity index (χ4n) is 4.95. The number of aromatic amines is 1. The summed E-state index contributed by atoms with van der Waals surface area (Å²) in [5, 5.41) is 2.77. The van der Waals surface area contributed by atoms with Gasteiger partial charge in [-0.2, -0.15) is 0 Å². The molecular formula is C21H23N5O3. The van der Waals surface area contributed by atoms with E-state index in [1.165, 1.54) is 0 Å². The second-order valence-electron chi connectivity index (χ2n) is 8.25. The van der Waals surface area contributed by atoms with Gasteiger partial charge in [-0.1, -0.05) is 0 Å². The van der Waals surface area contributed by atoms with Crippen LogP contribution < -0.4 is 10.9 Å². The zero-order chi connectivity index (χ0) is 20.0. The first-order chi connectivity index (χ1) is 14.1. The van der Waals surface area contributed by atoms with Crippen molar-refractivity contribution in [3.05, 3.63) is 46.1 Å². The van der Waals surface area contributed by atoms with Crippen molar-refractivity contribution in [2.45, 2.75) is 50.0 Å². The molecule has 2 fully saturated rings. The lowest BCUT2D eigenvalue weighted by atomic mass is 9.76. The number of amides is 2. The molecule has 0 bridgehead atoms. The first kappa shape index (κ1) is 18.0. The van der Waals surface area contributed by atoms with Crippen molar-refractivity contribution in [1.82, 2.24) is 25.2 Å². The second-order valence-corrected chi connectivity index (χ2v) is 8.25. The van der Waals surface area contributed by atoms with Crippen molar-refractivity contribution < 1.29 is 9.59 Å². The van der Waals surface area contributed by atoms with Crippen LogP contribution in [0.5, 0.6) is 0 Å². The number of piperidine rings is 1. The summed E-state index contributed by atoms with van der Waals surface area (Å²) in [5.74, 6) is 0.516. The fraction of sp³-hybridized carbons (Fsp3) is 0.476. The molecule has 150 valence electrons. The molecule has 3 aliphatic rings. The number of H-pyrrole nitrogens is 1. The van der Waals surface area contributed by atoms with Crippen molar-refractivity contribution in [2.75, 3.05) is 13.1 Å². The number of hydrogen-bond acceptors (Lipinski definition) is 5. The van der Waals surface area contributed by atoms with Crippen LogP contribution >= 0.6 is 0 Å². The third-order valence-electron chi connectivity index (χ3n) is 6.63. The maximum atomic E-state index is 12.7. The molecule has 5 rings (SSSR count). The minimum absolute atomic E-state index is 0.0128. The molecule has 1 spiro atoms. The number of carbonyl (C=O) groups excluding carboxylic acids is 2. The molecule has 2 aliphatic heterocycles. The van der Waals surface area contributed by atoms with E-state index >= 15 is 0 Å². The summed E-state index contributed by atoms with van der Waals surface area (Å²) in [6.07, 6.45) is 7.57. The predicted octanol–water partition coefficient (Wildman–Crippen LogP) is 0.917. The van der Waals surface area contributed by atoms with Crippen LogP contribution in [0.15, 0.2) is 29.3 Å². The third kappa shape index (κ3) is 3.03. The predicted molar refractivity (Wildman–Crippen MR) is 105 cm³/mol. The molecule has 2 amide bonds. The second kappa shape index (κ2) is 6.79. The van der Waals surface area contributed by atoms with Crippen molar-refractivity contribution in [3.8, 4) is 11.4 Å². The molecule has 0 saturated carbocycles. The Bertz CT molecular complexity index is 1020. The highest BCUT2D eigenvalue weighted by atomic mass is 16.2. The molecule has 2 aromatic heterocycles. The lowest BCUT2D eigenvalue weighted by molar-refractivity contribution is -0.135. The fourth-order valence-corrected chi connectivity index (χ4v) is 4.95. The van der Waals surface area contributed by atoms with E-state index in [0.717, 1.165) is 42.5 Å². The standard InChI is InChI=1S/C21H23N5O3/c27-16-4-3-15(23-16)20(29)26-10-7-21(8-11-26)6-5-14-17(21)24-18(25-19(14)28)13-2-1-9-22-12-13/h1-2,9,12,15H,3-8,10-11H2,(H,23,27)(H,24,25,28). The minimum atomic E-state index is -0.384. The summed E-state index contributed by atoms with van der Waals surface area (Å²) in [7, 11) is 0. The summed E-state index contributed by atoms with van der Waals surface area (Å²) in [4.78, 5) is 50.6. The largest absolute Gasteiger partial charge is 0.344 e. The van der Waals surface area contributed by atoms with E-state index in [9.17, 15) is 14.4 Å². The van der Waals surface area contributed by atoms with E-state index in [1.54, 1.807) is 12.4 Å². The van der Waals surface area contributed by atoms with Gasteiger partial charge in [-0.05, 0) is 44.2 Å². The molecule has 0 aromatic carbocycles. The lowest BCUT2D eigenvalue weighted by Gasteiger charge is -2.40. The van der Waals surface area contributed by atoms with Gasteiger partial charge in [-0.25, -0.2) is 4.98 Å². The Labute approximate surface area is 167 Å². The van der Waals surface area contributed by atoms with Crippen LogP contribution in [0.1, 0.15) is 43.4 Å². The van der Waals surface area contributed by atoms with Crippen LogP contribution in [0.3, 0.4) is 0 Å². The Morgan fingerprint density at radius 3 is 2.69 bits per heavy atom. The molecule has 1 aliphatic carbocycles. The zero-order valence-corrected chi connectivity index (χ0v) is 16.1. The Balaban J connectivity index is 1.39. The molecule has 4 heterocycles. The molecule has 2 aromatic rings. The summed E-state index contributed by atoms with van der Waals surface area (Å²) < 4.78 is 0. The van der Waals surface area contributed by atoms with E-state index < -0.39 is 0 Å². The summed E-state index contributed by atoms with van der Waals surface area (Å²) in [5.41, 5.74) is 2.23. The van der Waals surface area contributed by atoms with Gasteiger partial charge in [0.05, 0.1) is 5.69 Å². The summed E-state index contributed by atoms with van der Waals surface area (Å²) in [6, 6.07) is 3.33. The van der Waals surface area contributed by atoms with Gasteiger partial charge in [-0.15, -0.1) is 0 Å². The Hall–Kier alpha value is -3.03. The maximum absolute atomic E-state index is 12.7. The van der Waals surface area contributed by atoms with Gasteiger partial charge in [0.1, 0.15) is 11.9 Å². The van der Waals surface area contributed by atoms with Gasteiger partial charge < -0.3 is 15.2 Å². The number of hydrogen-bond donors (Lipinski definition) is 2. The number of likely N-dealkylation sites (tertiary alicyclic amines) is 1. The van der Waals surface area contributed by atoms with Crippen LogP contribution in [0.25, 0.3) is 11.4 Å². The van der Waals surface area contributed by atoms with Crippen LogP contribution in [0.4, 0.5) is 0 Å². The molecule has 8 nitrogen and oxygen atoms in total. The Morgan fingerprint density at radius 2 is 2.00 bits per heavy atom. The van der Waals surface area contributed by atoms with E-state index in [2.05, 4.69) is 15.3 Å². The zero-order valence-electron chi connectivity index (χ0n) is 16.1. The van der Waals surface area contributed by atoms with Gasteiger partial charge in [0.15, 0.2) is 0 Å². The van der Waals surface area contributed by atoms with Crippen molar-refractivity contribution in [1.29, 1.82) is 0 Å².